The lowest BCUT2D eigenvalue weighted by Crippen LogP contribution is -2.09. The van der Waals surface area contributed by atoms with Crippen LogP contribution < -0.4 is 5.32 Å². The highest BCUT2D eigenvalue weighted by Gasteiger charge is 2.01. The third-order valence-corrected chi connectivity index (χ3v) is 2.28. The molecule has 0 aliphatic carbocycles. The molecular weight excluding hydrogens is 202 g/mol. The lowest BCUT2D eigenvalue weighted by molar-refractivity contribution is 0.912. The van der Waals surface area contributed by atoms with Gasteiger partial charge in [-0.2, -0.15) is 0 Å². The topological polar surface area (TPSA) is 66.5 Å². The van der Waals surface area contributed by atoms with Crippen LogP contribution in [0.2, 0.25) is 0 Å². The molecule has 0 spiro atoms. The molecule has 16 heavy (non-hydrogen) atoms. The number of imidazole rings is 1. The molecule has 0 unspecified atom stereocenters. The van der Waals surface area contributed by atoms with Crippen molar-refractivity contribution in [2.24, 2.45) is 0 Å². The fraction of sp³-hybridized carbons (Fsp3) is 0.364. The van der Waals surface area contributed by atoms with Gasteiger partial charge in [-0.1, -0.05) is 0 Å². The minimum Gasteiger partial charge on any atom is -0.368 e. The Hall–Kier alpha value is -1.91. The van der Waals surface area contributed by atoms with Crippen molar-refractivity contribution >= 4 is 5.82 Å². The van der Waals surface area contributed by atoms with E-state index in [-0.39, 0.29) is 0 Å². The van der Waals surface area contributed by atoms with E-state index in [1.807, 2.05) is 20.0 Å². The number of hydrogen-bond donors (Lipinski definition) is 2. The lowest BCUT2D eigenvalue weighted by Gasteiger charge is -2.07. The number of aromatic amines is 1. The predicted octanol–water partition coefficient (Wildman–Crippen LogP) is 1.47. The van der Waals surface area contributed by atoms with Gasteiger partial charge in [0.2, 0.25) is 0 Å². The molecule has 0 bridgehead atoms. The molecule has 0 atom stereocenters. The van der Waals surface area contributed by atoms with Gasteiger partial charge in [-0.05, 0) is 13.8 Å². The predicted molar refractivity (Wildman–Crippen MR) is 62.3 cm³/mol. The van der Waals surface area contributed by atoms with E-state index >= 15 is 0 Å². The summed E-state index contributed by atoms with van der Waals surface area (Å²) in [6.45, 7) is 4.68. The third-order valence-electron chi connectivity index (χ3n) is 2.28. The number of anilines is 1. The van der Waals surface area contributed by atoms with Crippen molar-refractivity contribution in [3.05, 3.63) is 35.8 Å². The number of aromatic nitrogens is 4. The smallest absolute Gasteiger partial charge is 0.147 e. The Balaban J connectivity index is 1.92. The number of nitrogens with one attached hydrogen (secondary N) is 2. The largest absolute Gasteiger partial charge is 0.368 e. The molecule has 0 aliphatic rings. The van der Waals surface area contributed by atoms with Crippen LogP contribution in [-0.2, 0) is 6.42 Å². The molecule has 0 saturated carbocycles. The summed E-state index contributed by atoms with van der Waals surface area (Å²) in [4.78, 5) is 15.9. The van der Waals surface area contributed by atoms with E-state index in [1.165, 1.54) is 0 Å². The summed E-state index contributed by atoms with van der Waals surface area (Å²) in [5.41, 5.74) is 1.84. The zero-order valence-electron chi connectivity index (χ0n) is 9.49. The Morgan fingerprint density at radius 2 is 2.19 bits per heavy atom. The maximum atomic E-state index is 4.39. The van der Waals surface area contributed by atoms with Crippen molar-refractivity contribution < 1.29 is 0 Å². The van der Waals surface area contributed by atoms with Gasteiger partial charge in [0.05, 0.1) is 11.4 Å². The minimum absolute atomic E-state index is 0.798. The van der Waals surface area contributed by atoms with Crippen LogP contribution in [0.3, 0.4) is 0 Å². The van der Waals surface area contributed by atoms with Gasteiger partial charge in [0.1, 0.15) is 11.6 Å². The Morgan fingerprint density at radius 1 is 1.31 bits per heavy atom. The van der Waals surface area contributed by atoms with E-state index in [2.05, 4.69) is 25.3 Å². The summed E-state index contributed by atoms with van der Waals surface area (Å²) in [5, 5.41) is 3.26. The average molecular weight is 217 g/mol. The van der Waals surface area contributed by atoms with Crippen LogP contribution in [-0.4, -0.2) is 26.5 Å². The number of aryl methyl sites for hydroxylation is 2. The minimum atomic E-state index is 0.798. The van der Waals surface area contributed by atoms with Gasteiger partial charge in [-0.3, -0.25) is 4.98 Å². The van der Waals surface area contributed by atoms with E-state index in [9.17, 15) is 0 Å². The van der Waals surface area contributed by atoms with Gasteiger partial charge < -0.3 is 10.3 Å². The molecular formula is C11H15N5. The third kappa shape index (κ3) is 2.56. The molecule has 5 heteroatoms. The lowest BCUT2D eigenvalue weighted by atomic mass is 10.3. The van der Waals surface area contributed by atoms with E-state index < -0.39 is 0 Å². The first-order valence-corrected chi connectivity index (χ1v) is 5.28. The zero-order chi connectivity index (χ0) is 11.4. The summed E-state index contributed by atoms with van der Waals surface area (Å²) < 4.78 is 0. The van der Waals surface area contributed by atoms with Crippen LogP contribution in [0, 0.1) is 13.8 Å². The summed E-state index contributed by atoms with van der Waals surface area (Å²) in [7, 11) is 0. The highest BCUT2D eigenvalue weighted by Crippen LogP contribution is 2.08. The van der Waals surface area contributed by atoms with Crippen LogP contribution in [0.15, 0.2) is 18.6 Å². The maximum absolute atomic E-state index is 4.39. The monoisotopic (exact) mass is 217 g/mol. The Morgan fingerprint density at radius 3 is 2.94 bits per heavy atom. The fourth-order valence-corrected chi connectivity index (χ4v) is 1.44. The second-order valence-corrected chi connectivity index (χ2v) is 3.66. The Bertz CT molecular complexity index is 449. The molecule has 2 rings (SSSR count). The molecule has 0 aliphatic heterocycles. The summed E-state index contributed by atoms with van der Waals surface area (Å²) >= 11 is 0. The summed E-state index contributed by atoms with van der Waals surface area (Å²) in [5.74, 6) is 1.83. The van der Waals surface area contributed by atoms with Crippen LogP contribution in [0.5, 0.6) is 0 Å². The maximum Gasteiger partial charge on any atom is 0.147 e. The van der Waals surface area contributed by atoms with Gasteiger partial charge in [-0.15, -0.1) is 0 Å². The van der Waals surface area contributed by atoms with Crippen molar-refractivity contribution in [3.8, 4) is 0 Å². The normalized spacial score (nSPS) is 10.4. The number of hydrogen-bond acceptors (Lipinski definition) is 4. The summed E-state index contributed by atoms with van der Waals surface area (Å²) in [6, 6.07) is 0. The first-order chi connectivity index (χ1) is 7.75. The molecule has 2 aromatic rings. The van der Waals surface area contributed by atoms with Gasteiger partial charge in [0.25, 0.3) is 0 Å². The zero-order valence-corrected chi connectivity index (χ0v) is 9.49. The van der Waals surface area contributed by atoms with Crippen molar-refractivity contribution in [2.75, 3.05) is 11.9 Å². The van der Waals surface area contributed by atoms with Crippen molar-refractivity contribution in [2.45, 2.75) is 20.3 Å². The molecule has 0 radical (unpaired) electrons. The standard InChI is InChI=1S/C11H15N5/c1-8-7-15-9(2)11(16-8)14-4-3-10-12-5-6-13-10/h5-7H,3-4H2,1-2H3,(H,12,13)(H,14,16). The second kappa shape index (κ2) is 4.74. The average Bonchev–Trinajstić information content (AvgIpc) is 2.76. The van der Waals surface area contributed by atoms with Crippen LogP contribution in [0.25, 0.3) is 0 Å². The number of H-pyrrole nitrogens is 1. The quantitative estimate of drug-likeness (QED) is 0.814. The van der Waals surface area contributed by atoms with E-state index in [0.717, 1.165) is 36.0 Å². The second-order valence-electron chi connectivity index (χ2n) is 3.66. The summed E-state index contributed by atoms with van der Waals surface area (Å²) in [6.07, 6.45) is 6.20. The first kappa shape index (κ1) is 10.6. The van der Waals surface area contributed by atoms with Crippen LogP contribution in [0.1, 0.15) is 17.2 Å². The molecule has 0 saturated heterocycles. The Labute approximate surface area is 94.4 Å². The van der Waals surface area contributed by atoms with Gasteiger partial charge >= 0.3 is 0 Å². The molecule has 0 amide bonds. The molecule has 0 aromatic carbocycles. The molecule has 5 nitrogen and oxygen atoms in total. The first-order valence-electron chi connectivity index (χ1n) is 5.28. The Kier molecular flexibility index (Phi) is 3.14. The van der Waals surface area contributed by atoms with E-state index in [4.69, 9.17) is 0 Å². The van der Waals surface area contributed by atoms with Crippen LogP contribution >= 0.6 is 0 Å². The van der Waals surface area contributed by atoms with E-state index in [1.54, 1.807) is 12.4 Å². The van der Waals surface area contributed by atoms with Crippen molar-refractivity contribution in [3.63, 3.8) is 0 Å². The van der Waals surface area contributed by atoms with Gasteiger partial charge in [-0.25, -0.2) is 9.97 Å². The molecule has 84 valence electrons. The SMILES string of the molecule is Cc1cnc(C)c(NCCc2ncc[nH]2)n1. The van der Waals surface area contributed by atoms with Crippen molar-refractivity contribution in [1.82, 2.24) is 19.9 Å². The number of nitrogens with zero attached hydrogens (tertiary/aromatic N) is 3. The van der Waals surface area contributed by atoms with Gasteiger partial charge in [0.15, 0.2) is 0 Å². The molecule has 0 fully saturated rings. The van der Waals surface area contributed by atoms with Gasteiger partial charge in [0, 0.05) is 31.6 Å². The van der Waals surface area contributed by atoms with Crippen molar-refractivity contribution in [1.29, 1.82) is 0 Å². The fourth-order valence-electron chi connectivity index (χ4n) is 1.44. The highest BCUT2D eigenvalue weighted by atomic mass is 15.0. The number of rotatable bonds is 4. The molecule has 2 aromatic heterocycles. The molecule has 2 N–H and O–H groups in total. The van der Waals surface area contributed by atoms with Crippen LogP contribution in [0.4, 0.5) is 5.82 Å². The van der Waals surface area contributed by atoms with E-state index in [0.29, 0.717) is 0 Å². The molecule has 2 heterocycles. The highest BCUT2D eigenvalue weighted by molar-refractivity contribution is 5.39.